The fourth-order valence-electron chi connectivity index (χ4n) is 6.14. The first-order valence-electron chi connectivity index (χ1n) is 8.59. The van der Waals surface area contributed by atoms with Crippen molar-refractivity contribution in [2.24, 2.45) is 17.8 Å². The largest absolute Gasteiger partial charge is 0.308 e. The summed E-state index contributed by atoms with van der Waals surface area (Å²) in [6.07, 6.45) is 18.1. The minimum atomic E-state index is 0.601. The third-order valence-electron chi connectivity index (χ3n) is 6.40. The molecule has 0 unspecified atom stereocenters. The monoisotopic (exact) mass is 247 g/mol. The lowest BCUT2D eigenvalue weighted by Gasteiger charge is -2.58. The van der Waals surface area contributed by atoms with Gasteiger partial charge in [0.05, 0.1) is 0 Å². The predicted molar refractivity (Wildman–Crippen MR) is 75.5 cm³/mol. The Kier molecular flexibility index (Phi) is 2.94. The molecule has 5 fully saturated rings. The van der Waals surface area contributed by atoms with Crippen LogP contribution in [0, 0.1) is 17.8 Å². The van der Waals surface area contributed by atoms with E-state index in [-0.39, 0.29) is 0 Å². The van der Waals surface area contributed by atoms with Gasteiger partial charge in [-0.15, -0.1) is 0 Å². The first-order valence-corrected chi connectivity index (χ1v) is 8.59. The van der Waals surface area contributed by atoms with Crippen LogP contribution in [-0.2, 0) is 0 Å². The van der Waals surface area contributed by atoms with Gasteiger partial charge in [0.25, 0.3) is 0 Å². The molecule has 5 rings (SSSR count). The van der Waals surface area contributed by atoms with E-state index in [1.165, 1.54) is 57.8 Å². The lowest BCUT2D eigenvalue weighted by molar-refractivity contribution is -0.0261. The number of hydrogen-bond acceptors (Lipinski definition) is 1. The summed E-state index contributed by atoms with van der Waals surface area (Å²) in [7, 11) is 0. The van der Waals surface area contributed by atoms with Crippen LogP contribution in [0.3, 0.4) is 0 Å². The molecule has 5 saturated carbocycles. The number of nitrogens with one attached hydrogen (secondary N) is 1. The highest BCUT2D eigenvalue weighted by molar-refractivity contribution is 5.07. The zero-order valence-corrected chi connectivity index (χ0v) is 11.8. The molecule has 1 N–H and O–H groups in total. The van der Waals surface area contributed by atoms with Crippen molar-refractivity contribution < 1.29 is 0 Å². The first kappa shape index (κ1) is 11.8. The van der Waals surface area contributed by atoms with Crippen molar-refractivity contribution in [3.63, 3.8) is 0 Å². The molecular weight excluding hydrogens is 218 g/mol. The van der Waals surface area contributed by atoms with Gasteiger partial charge in [0, 0.05) is 11.6 Å². The van der Waals surface area contributed by atoms with Crippen LogP contribution in [0.4, 0.5) is 0 Å². The fraction of sp³-hybridized carbons (Fsp3) is 1.00. The van der Waals surface area contributed by atoms with Gasteiger partial charge >= 0.3 is 0 Å². The molecule has 0 spiro atoms. The molecule has 18 heavy (non-hydrogen) atoms. The first-order chi connectivity index (χ1) is 8.81. The van der Waals surface area contributed by atoms with Crippen LogP contribution in [0.25, 0.3) is 0 Å². The maximum Gasteiger partial charge on any atom is 0.0192 e. The second-order valence-corrected chi connectivity index (χ2v) is 8.03. The van der Waals surface area contributed by atoms with Crippen molar-refractivity contribution >= 4 is 0 Å². The van der Waals surface area contributed by atoms with E-state index in [0.717, 1.165) is 23.8 Å². The standard InChI is InChI=1S/C17H29N/c1-2-4-6-16(5-3-1)18-17-10-13-7-14(11-17)9-15(8-13)12-17/h13-16,18H,1-12H2. The van der Waals surface area contributed by atoms with E-state index in [1.54, 1.807) is 19.3 Å². The molecule has 5 aliphatic carbocycles. The normalized spacial score (nSPS) is 48.3. The second-order valence-electron chi connectivity index (χ2n) is 8.03. The van der Waals surface area contributed by atoms with Gasteiger partial charge in [-0.3, -0.25) is 0 Å². The van der Waals surface area contributed by atoms with Gasteiger partial charge in [0.2, 0.25) is 0 Å². The Bertz CT molecular complexity index is 265. The molecule has 0 radical (unpaired) electrons. The van der Waals surface area contributed by atoms with Crippen molar-refractivity contribution in [2.45, 2.75) is 88.6 Å². The SMILES string of the molecule is C1CCCC(NC23CC4CC(CC(C4)C2)C3)CC1. The molecule has 0 aromatic heterocycles. The van der Waals surface area contributed by atoms with E-state index >= 15 is 0 Å². The zero-order chi connectivity index (χ0) is 12.0. The summed E-state index contributed by atoms with van der Waals surface area (Å²) in [5.41, 5.74) is 0.601. The number of rotatable bonds is 2. The lowest BCUT2D eigenvalue weighted by atomic mass is 9.53. The Morgan fingerprint density at radius 2 is 1.17 bits per heavy atom. The molecule has 0 aromatic rings. The highest BCUT2D eigenvalue weighted by atomic mass is 15.0. The molecule has 5 aliphatic rings. The molecule has 102 valence electrons. The van der Waals surface area contributed by atoms with E-state index < -0.39 is 0 Å². The summed E-state index contributed by atoms with van der Waals surface area (Å²) >= 11 is 0. The molecule has 0 amide bonds. The van der Waals surface area contributed by atoms with E-state index in [1.807, 2.05) is 0 Å². The molecular formula is C17H29N. The van der Waals surface area contributed by atoms with Gasteiger partial charge in [-0.1, -0.05) is 25.7 Å². The van der Waals surface area contributed by atoms with Gasteiger partial charge in [0.1, 0.15) is 0 Å². The Morgan fingerprint density at radius 1 is 0.667 bits per heavy atom. The predicted octanol–water partition coefficient (Wildman–Crippen LogP) is 4.27. The molecule has 1 heteroatoms. The minimum absolute atomic E-state index is 0.601. The van der Waals surface area contributed by atoms with E-state index in [2.05, 4.69) is 5.32 Å². The summed E-state index contributed by atoms with van der Waals surface area (Å²) in [6.45, 7) is 0. The van der Waals surface area contributed by atoms with Crippen LogP contribution in [0.5, 0.6) is 0 Å². The zero-order valence-electron chi connectivity index (χ0n) is 11.8. The van der Waals surface area contributed by atoms with E-state index in [4.69, 9.17) is 0 Å². The quantitative estimate of drug-likeness (QED) is 0.719. The van der Waals surface area contributed by atoms with Crippen molar-refractivity contribution in [1.29, 1.82) is 0 Å². The van der Waals surface area contributed by atoms with Gasteiger partial charge < -0.3 is 5.32 Å². The summed E-state index contributed by atoms with van der Waals surface area (Å²) < 4.78 is 0. The van der Waals surface area contributed by atoms with Crippen molar-refractivity contribution in [3.8, 4) is 0 Å². The third-order valence-corrected chi connectivity index (χ3v) is 6.40. The van der Waals surface area contributed by atoms with Crippen LogP contribution >= 0.6 is 0 Å². The Balaban J connectivity index is 1.46. The third kappa shape index (κ3) is 2.13. The molecule has 0 aliphatic heterocycles. The van der Waals surface area contributed by atoms with Crippen molar-refractivity contribution in [1.82, 2.24) is 5.32 Å². The average Bonchev–Trinajstić information content (AvgIpc) is 2.55. The van der Waals surface area contributed by atoms with Crippen LogP contribution < -0.4 is 5.32 Å². The van der Waals surface area contributed by atoms with Crippen LogP contribution in [-0.4, -0.2) is 11.6 Å². The molecule has 0 heterocycles. The topological polar surface area (TPSA) is 12.0 Å². The smallest absolute Gasteiger partial charge is 0.0192 e. The van der Waals surface area contributed by atoms with Crippen LogP contribution in [0.2, 0.25) is 0 Å². The molecule has 0 saturated heterocycles. The lowest BCUT2D eigenvalue weighted by Crippen LogP contribution is -2.60. The highest BCUT2D eigenvalue weighted by Crippen LogP contribution is 2.55. The Morgan fingerprint density at radius 3 is 1.67 bits per heavy atom. The van der Waals surface area contributed by atoms with E-state index in [9.17, 15) is 0 Å². The summed E-state index contributed by atoms with van der Waals surface area (Å²) in [5, 5.41) is 4.20. The van der Waals surface area contributed by atoms with Crippen molar-refractivity contribution in [3.05, 3.63) is 0 Å². The molecule has 0 atom stereocenters. The maximum absolute atomic E-state index is 4.20. The van der Waals surface area contributed by atoms with Crippen molar-refractivity contribution in [2.75, 3.05) is 0 Å². The van der Waals surface area contributed by atoms with Gasteiger partial charge in [-0.2, -0.15) is 0 Å². The highest BCUT2D eigenvalue weighted by Gasteiger charge is 2.51. The second kappa shape index (κ2) is 4.51. The summed E-state index contributed by atoms with van der Waals surface area (Å²) in [4.78, 5) is 0. The Labute approximate surface area is 112 Å². The molecule has 0 aromatic carbocycles. The average molecular weight is 247 g/mol. The fourth-order valence-corrected chi connectivity index (χ4v) is 6.14. The van der Waals surface area contributed by atoms with Crippen LogP contribution in [0.15, 0.2) is 0 Å². The molecule has 4 bridgehead atoms. The van der Waals surface area contributed by atoms with Gasteiger partial charge in [0.15, 0.2) is 0 Å². The summed E-state index contributed by atoms with van der Waals surface area (Å²) in [5.74, 6) is 3.28. The minimum Gasteiger partial charge on any atom is -0.308 e. The van der Waals surface area contributed by atoms with Gasteiger partial charge in [-0.05, 0) is 69.1 Å². The van der Waals surface area contributed by atoms with Crippen LogP contribution in [0.1, 0.15) is 77.0 Å². The summed E-state index contributed by atoms with van der Waals surface area (Å²) in [6, 6.07) is 0.865. The number of hydrogen-bond donors (Lipinski definition) is 1. The van der Waals surface area contributed by atoms with Gasteiger partial charge in [-0.25, -0.2) is 0 Å². The van der Waals surface area contributed by atoms with E-state index in [0.29, 0.717) is 5.54 Å². The Hall–Kier alpha value is -0.0400. The maximum atomic E-state index is 4.20. The molecule has 1 nitrogen and oxygen atoms in total.